The van der Waals surface area contributed by atoms with Gasteiger partial charge in [0.15, 0.2) is 11.5 Å². The number of hydrogen-bond acceptors (Lipinski definition) is 7. The van der Waals surface area contributed by atoms with E-state index in [-0.39, 0.29) is 11.8 Å². The van der Waals surface area contributed by atoms with Gasteiger partial charge in [-0.05, 0) is 62.4 Å². The second-order valence-corrected chi connectivity index (χ2v) is 11.4. The van der Waals surface area contributed by atoms with Crippen LogP contribution in [-0.2, 0) is 0 Å². The Labute approximate surface area is 260 Å². The molecule has 0 bridgehead atoms. The van der Waals surface area contributed by atoms with Crippen molar-refractivity contribution in [3.8, 4) is 22.9 Å². The molecule has 0 aliphatic carbocycles. The highest BCUT2D eigenvalue weighted by Crippen LogP contribution is 2.28. The van der Waals surface area contributed by atoms with Crippen LogP contribution in [0, 0.1) is 13.8 Å². The minimum Gasteiger partial charge on any atom is -0.460 e. The van der Waals surface area contributed by atoms with Crippen LogP contribution in [-0.4, -0.2) is 70.9 Å². The fourth-order valence-corrected chi connectivity index (χ4v) is 5.88. The van der Waals surface area contributed by atoms with E-state index in [2.05, 4.69) is 10.2 Å². The normalized spacial score (nSPS) is 13.9. The largest absolute Gasteiger partial charge is 0.460 e. The average molecular weight is 600 g/mol. The van der Waals surface area contributed by atoms with Crippen molar-refractivity contribution in [1.82, 2.24) is 25.1 Å². The molecule has 2 amide bonds. The number of hydrogen-bond donors (Lipinski definition) is 1. The molecule has 0 radical (unpaired) electrons. The summed E-state index contributed by atoms with van der Waals surface area (Å²) in [4.78, 5) is 40.8. The fraction of sp³-hybridized carbons (Fsp3) is 0.222. The van der Waals surface area contributed by atoms with E-state index in [0.717, 1.165) is 46.4 Å². The quantitative estimate of drug-likeness (QED) is 0.236. The third-order valence-corrected chi connectivity index (χ3v) is 8.27. The number of benzene rings is 2. The van der Waals surface area contributed by atoms with E-state index in [1.54, 1.807) is 6.07 Å². The highest BCUT2D eigenvalue weighted by Gasteiger charge is 2.25. The molecule has 7 rings (SSSR count). The lowest BCUT2D eigenvalue weighted by molar-refractivity contribution is 0.0640. The number of aryl methyl sites for hydroxylation is 2. The minimum atomic E-state index is -0.154. The number of nitrogens with zero attached hydrogens (tertiary/aromatic N) is 4. The Kier molecular flexibility index (Phi) is 7.61. The lowest BCUT2D eigenvalue weighted by Crippen LogP contribution is -2.50. The summed E-state index contributed by atoms with van der Waals surface area (Å²) in [5.41, 5.74) is 3.96. The summed E-state index contributed by atoms with van der Waals surface area (Å²) >= 11 is 0. The lowest BCUT2D eigenvalue weighted by Gasteiger charge is -2.35. The summed E-state index contributed by atoms with van der Waals surface area (Å²) in [7, 11) is 0. The van der Waals surface area contributed by atoms with Crippen LogP contribution >= 0.6 is 0 Å². The number of furan rings is 2. The molecule has 2 aromatic carbocycles. The Morgan fingerprint density at radius 1 is 0.711 bits per heavy atom. The summed E-state index contributed by atoms with van der Waals surface area (Å²) in [6.45, 7) is 7.57. The molecule has 0 unspecified atom stereocenters. The molecule has 4 aromatic heterocycles. The van der Waals surface area contributed by atoms with E-state index in [0.29, 0.717) is 60.2 Å². The molecule has 0 atom stereocenters. The van der Waals surface area contributed by atoms with Gasteiger partial charge in [0.05, 0.1) is 22.2 Å². The highest BCUT2D eigenvalue weighted by molar-refractivity contribution is 6.08. The van der Waals surface area contributed by atoms with Gasteiger partial charge in [0.25, 0.3) is 11.8 Å². The Morgan fingerprint density at radius 2 is 1.24 bits per heavy atom. The SMILES string of the molecule is Cc1ccc(-c2cc(C(=O)NCCN3CCN(C(=O)c4cc(-c5ccc(C)o5)nc5ccccc45)CC3)c3ccccc3n2)o1. The van der Waals surface area contributed by atoms with Crippen molar-refractivity contribution in [3.63, 3.8) is 0 Å². The molecule has 226 valence electrons. The summed E-state index contributed by atoms with van der Waals surface area (Å²) in [5.74, 6) is 2.69. The smallest absolute Gasteiger partial charge is 0.254 e. The van der Waals surface area contributed by atoms with Gasteiger partial charge in [0.1, 0.15) is 22.9 Å². The van der Waals surface area contributed by atoms with Crippen molar-refractivity contribution >= 4 is 33.6 Å². The van der Waals surface area contributed by atoms with Crippen LogP contribution < -0.4 is 5.32 Å². The molecule has 1 saturated heterocycles. The van der Waals surface area contributed by atoms with Gasteiger partial charge in [0.2, 0.25) is 0 Å². The molecule has 5 heterocycles. The maximum atomic E-state index is 13.8. The number of amides is 2. The van der Waals surface area contributed by atoms with Gasteiger partial charge >= 0.3 is 0 Å². The number of para-hydroxylation sites is 2. The van der Waals surface area contributed by atoms with Crippen LogP contribution in [0.15, 0.2) is 93.8 Å². The summed E-state index contributed by atoms with van der Waals surface area (Å²) in [5, 5.41) is 4.71. The number of rotatable bonds is 7. The summed E-state index contributed by atoms with van der Waals surface area (Å²) in [6.07, 6.45) is 0. The van der Waals surface area contributed by atoms with Gasteiger partial charge in [-0.1, -0.05) is 36.4 Å². The number of nitrogens with one attached hydrogen (secondary N) is 1. The molecule has 1 fully saturated rings. The molecule has 9 nitrogen and oxygen atoms in total. The van der Waals surface area contributed by atoms with Crippen LogP contribution in [0.25, 0.3) is 44.7 Å². The van der Waals surface area contributed by atoms with Crippen LogP contribution in [0.2, 0.25) is 0 Å². The fourth-order valence-electron chi connectivity index (χ4n) is 5.88. The Balaban J connectivity index is 0.998. The molecule has 1 N–H and O–H groups in total. The Bertz CT molecular complexity index is 2030. The predicted molar refractivity (Wildman–Crippen MR) is 173 cm³/mol. The standard InChI is InChI=1S/C36H33N5O4/c1-23-11-13-33(44-23)31-21-27(25-7-3-5-9-29(25)38-31)35(42)37-15-16-40-17-19-41(20-18-40)36(43)28-22-32(34-14-12-24(2)45-34)39-30-10-6-4-8-26(28)30/h3-14,21-22H,15-20H2,1-2H3,(H,37,42). The zero-order chi connectivity index (χ0) is 30.9. The molecular formula is C36H33N5O4. The van der Waals surface area contributed by atoms with Crippen LogP contribution in [0.5, 0.6) is 0 Å². The van der Waals surface area contributed by atoms with E-state index in [1.807, 2.05) is 97.6 Å². The van der Waals surface area contributed by atoms with Crippen molar-refractivity contribution in [1.29, 1.82) is 0 Å². The van der Waals surface area contributed by atoms with Crippen molar-refractivity contribution in [2.75, 3.05) is 39.3 Å². The first-order valence-electron chi connectivity index (χ1n) is 15.2. The Morgan fingerprint density at radius 3 is 1.80 bits per heavy atom. The van der Waals surface area contributed by atoms with E-state index < -0.39 is 0 Å². The number of carbonyl (C=O) groups excluding carboxylic acids is 2. The zero-order valence-electron chi connectivity index (χ0n) is 25.2. The number of piperazine rings is 1. The van der Waals surface area contributed by atoms with E-state index in [4.69, 9.17) is 18.8 Å². The van der Waals surface area contributed by atoms with E-state index >= 15 is 0 Å². The van der Waals surface area contributed by atoms with Gasteiger partial charge in [-0.3, -0.25) is 14.5 Å². The first-order chi connectivity index (χ1) is 21.9. The molecular weight excluding hydrogens is 566 g/mol. The average Bonchev–Trinajstić information content (AvgIpc) is 3.71. The van der Waals surface area contributed by atoms with Crippen molar-refractivity contribution in [2.24, 2.45) is 0 Å². The molecule has 45 heavy (non-hydrogen) atoms. The van der Waals surface area contributed by atoms with Gasteiger partial charge in [0, 0.05) is 50.0 Å². The number of fused-ring (bicyclic) bond motifs is 2. The number of aromatic nitrogens is 2. The number of carbonyl (C=O) groups is 2. The molecule has 9 heteroatoms. The van der Waals surface area contributed by atoms with E-state index in [1.165, 1.54) is 0 Å². The molecule has 1 aliphatic rings. The second-order valence-electron chi connectivity index (χ2n) is 11.4. The predicted octanol–water partition coefficient (Wildman–Crippen LogP) is 6.11. The molecule has 6 aromatic rings. The van der Waals surface area contributed by atoms with Gasteiger partial charge < -0.3 is 19.1 Å². The monoisotopic (exact) mass is 599 g/mol. The van der Waals surface area contributed by atoms with Gasteiger partial charge in [-0.2, -0.15) is 0 Å². The minimum absolute atomic E-state index is 0.0156. The summed E-state index contributed by atoms with van der Waals surface area (Å²) < 4.78 is 11.6. The first-order valence-corrected chi connectivity index (χ1v) is 15.2. The third-order valence-electron chi connectivity index (χ3n) is 8.27. The zero-order valence-corrected chi connectivity index (χ0v) is 25.2. The van der Waals surface area contributed by atoms with Crippen molar-refractivity contribution in [2.45, 2.75) is 13.8 Å². The molecule has 1 aliphatic heterocycles. The third kappa shape index (κ3) is 5.82. The van der Waals surface area contributed by atoms with E-state index in [9.17, 15) is 9.59 Å². The van der Waals surface area contributed by atoms with Gasteiger partial charge in [-0.25, -0.2) is 9.97 Å². The maximum absolute atomic E-state index is 13.8. The maximum Gasteiger partial charge on any atom is 0.254 e. The second kappa shape index (κ2) is 12.0. The van der Waals surface area contributed by atoms with Crippen molar-refractivity contribution in [3.05, 3.63) is 108 Å². The molecule has 0 spiro atoms. The van der Waals surface area contributed by atoms with Gasteiger partial charge in [-0.15, -0.1) is 0 Å². The summed E-state index contributed by atoms with van der Waals surface area (Å²) in [6, 6.07) is 26.5. The molecule has 0 saturated carbocycles. The van der Waals surface area contributed by atoms with Crippen LogP contribution in [0.1, 0.15) is 32.2 Å². The first kappa shape index (κ1) is 28.5. The van der Waals surface area contributed by atoms with Crippen LogP contribution in [0.4, 0.5) is 0 Å². The number of pyridine rings is 2. The topological polar surface area (TPSA) is 105 Å². The Hall–Kier alpha value is -5.28. The van der Waals surface area contributed by atoms with Crippen LogP contribution in [0.3, 0.4) is 0 Å². The van der Waals surface area contributed by atoms with Crippen molar-refractivity contribution < 1.29 is 18.4 Å². The lowest BCUT2D eigenvalue weighted by atomic mass is 10.0. The highest BCUT2D eigenvalue weighted by atomic mass is 16.3.